The molecule has 0 spiro atoms. The van der Waals surface area contributed by atoms with E-state index in [4.69, 9.17) is 22.5 Å². The summed E-state index contributed by atoms with van der Waals surface area (Å²) in [5.74, 6) is -0.120. The van der Waals surface area contributed by atoms with Gasteiger partial charge in [0.25, 0.3) is 0 Å². The molecule has 2 aromatic heterocycles. The van der Waals surface area contributed by atoms with Gasteiger partial charge in [-0.1, -0.05) is 16.8 Å². The lowest BCUT2D eigenvalue weighted by atomic mass is 10.2. The summed E-state index contributed by atoms with van der Waals surface area (Å²) in [6.07, 6.45) is 1.46. The van der Waals surface area contributed by atoms with Crippen LogP contribution in [0.25, 0.3) is 0 Å². The first-order chi connectivity index (χ1) is 9.04. The summed E-state index contributed by atoms with van der Waals surface area (Å²) in [5, 5.41) is 18.7. The minimum absolute atomic E-state index is 0.120. The Kier molecular flexibility index (Phi) is 3.76. The molecule has 0 aliphatic carbocycles. The van der Waals surface area contributed by atoms with Gasteiger partial charge in [-0.3, -0.25) is 4.57 Å². The molecule has 0 radical (unpaired) electrons. The molecule has 0 saturated heterocycles. The summed E-state index contributed by atoms with van der Waals surface area (Å²) in [7, 11) is 1.56. The van der Waals surface area contributed by atoms with Crippen molar-refractivity contribution in [3.05, 3.63) is 33.3 Å². The number of hydrogen-bond donors (Lipinski definition) is 3. The van der Waals surface area contributed by atoms with Crippen LogP contribution >= 0.6 is 23.4 Å². The van der Waals surface area contributed by atoms with E-state index >= 15 is 0 Å². The third kappa shape index (κ3) is 2.56. The van der Waals surface area contributed by atoms with Crippen LogP contribution < -0.4 is 11.4 Å². The quantitative estimate of drug-likeness (QED) is 0.326. The molecule has 100 valence electrons. The van der Waals surface area contributed by atoms with Crippen LogP contribution in [-0.4, -0.2) is 30.8 Å². The molecular formula is C9H9ClN6O2S. The fraction of sp³-hybridized carbons (Fsp3) is 0.111. The molecule has 19 heavy (non-hydrogen) atoms. The second-order valence-corrected chi connectivity index (χ2v) is 4.77. The highest BCUT2D eigenvalue weighted by molar-refractivity contribution is 7.99. The van der Waals surface area contributed by atoms with Crippen molar-refractivity contribution in [1.29, 1.82) is 0 Å². The molecule has 0 saturated carbocycles. The highest BCUT2D eigenvalue weighted by atomic mass is 35.5. The largest absolute Gasteiger partial charge is 0.409 e. The van der Waals surface area contributed by atoms with Gasteiger partial charge in [-0.15, -0.1) is 5.10 Å². The zero-order chi connectivity index (χ0) is 14.0. The SMILES string of the molecule is Cn1c(Sc2nccc(/C(N)=N/O)c2Cl)n[nH]c1=O. The zero-order valence-corrected chi connectivity index (χ0v) is 11.2. The van der Waals surface area contributed by atoms with Crippen molar-refractivity contribution in [2.75, 3.05) is 0 Å². The van der Waals surface area contributed by atoms with Gasteiger partial charge in [0.1, 0.15) is 5.03 Å². The number of nitrogens with zero attached hydrogens (tertiary/aromatic N) is 4. The van der Waals surface area contributed by atoms with Gasteiger partial charge in [-0.05, 0) is 17.8 Å². The fourth-order valence-electron chi connectivity index (χ4n) is 1.26. The molecule has 0 aromatic carbocycles. The van der Waals surface area contributed by atoms with E-state index in [9.17, 15) is 4.79 Å². The Balaban J connectivity index is 2.42. The second-order valence-electron chi connectivity index (χ2n) is 3.44. The maximum absolute atomic E-state index is 11.2. The minimum atomic E-state index is -0.341. The van der Waals surface area contributed by atoms with Crippen molar-refractivity contribution in [1.82, 2.24) is 19.7 Å². The third-order valence-electron chi connectivity index (χ3n) is 2.27. The third-order valence-corrected chi connectivity index (χ3v) is 3.81. The van der Waals surface area contributed by atoms with Crippen LogP contribution in [0.3, 0.4) is 0 Å². The van der Waals surface area contributed by atoms with E-state index in [1.807, 2.05) is 0 Å². The van der Waals surface area contributed by atoms with Gasteiger partial charge in [-0.2, -0.15) is 0 Å². The van der Waals surface area contributed by atoms with Crippen LogP contribution in [0.2, 0.25) is 5.02 Å². The molecule has 0 bridgehead atoms. The smallest absolute Gasteiger partial charge is 0.343 e. The Bertz CT molecular complexity index is 694. The Labute approximate surface area is 116 Å². The van der Waals surface area contributed by atoms with Crippen LogP contribution in [0.15, 0.2) is 32.4 Å². The van der Waals surface area contributed by atoms with Crippen LogP contribution in [0.5, 0.6) is 0 Å². The maximum atomic E-state index is 11.2. The highest BCUT2D eigenvalue weighted by Crippen LogP contribution is 2.31. The molecule has 8 nitrogen and oxygen atoms in total. The molecule has 0 aliphatic rings. The number of oxime groups is 1. The molecule has 0 fully saturated rings. The number of pyridine rings is 1. The van der Waals surface area contributed by atoms with Crippen LogP contribution in [0.4, 0.5) is 0 Å². The van der Waals surface area contributed by atoms with Crippen molar-refractivity contribution >= 4 is 29.2 Å². The van der Waals surface area contributed by atoms with Crippen molar-refractivity contribution < 1.29 is 5.21 Å². The molecule has 2 heterocycles. The molecule has 0 aliphatic heterocycles. The summed E-state index contributed by atoms with van der Waals surface area (Å²) < 4.78 is 1.32. The normalized spacial score (nSPS) is 11.8. The van der Waals surface area contributed by atoms with Crippen molar-refractivity contribution in [2.45, 2.75) is 10.2 Å². The second kappa shape index (κ2) is 5.33. The summed E-state index contributed by atoms with van der Waals surface area (Å²) in [4.78, 5) is 15.3. The summed E-state index contributed by atoms with van der Waals surface area (Å²) in [5.41, 5.74) is 5.50. The lowest BCUT2D eigenvalue weighted by Gasteiger charge is -2.06. The number of rotatable bonds is 3. The highest BCUT2D eigenvalue weighted by Gasteiger charge is 2.15. The van der Waals surface area contributed by atoms with Gasteiger partial charge < -0.3 is 10.9 Å². The maximum Gasteiger partial charge on any atom is 0.343 e. The fourth-order valence-corrected chi connectivity index (χ4v) is 2.38. The molecular weight excluding hydrogens is 292 g/mol. The average Bonchev–Trinajstić information content (AvgIpc) is 2.72. The van der Waals surface area contributed by atoms with E-state index in [0.29, 0.717) is 15.7 Å². The Hall–Kier alpha value is -2.00. The van der Waals surface area contributed by atoms with Gasteiger partial charge in [0.05, 0.1) is 5.02 Å². The predicted molar refractivity (Wildman–Crippen MR) is 69.7 cm³/mol. The lowest BCUT2D eigenvalue weighted by molar-refractivity contribution is 0.318. The standard InChI is InChI=1S/C9H9ClN6O2S/c1-16-8(17)13-14-9(16)19-7-5(10)4(2-3-12-7)6(11)15-18/h2-3,18H,1H3,(H2,11,15)(H,13,17). The van der Waals surface area contributed by atoms with E-state index in [1.54, 1.807) is 7.05 Å². The summed E-state index contributed by atoms with van der Waals surface area (Å²) in [6, 6.07) is 1.52. The number of H-pyrrole nitrogens is 1. The van der Waals surface area contributed by atoms with Crippen molar-refractivity contribution in [3.63, 3.8) is 0 Å². The molecule has 4 N–H and O–H groups in total. The first-order valence-electron chi connectivity index (χ1n) is 4.96. The number of nitrogens with one attached hydrogen (secondary N) is 1. The Morgan fingerprint density at radius 1 is 1.68 bits per heavy atom. The molecule has 0 atom stereocenters. The van der Waals surface area contributed by atoms with Crippen LogP contribution in [0, 0.1) is 0 Å². The predicted octanol–water partition coefficient (Wildman–Crippen LogP) is 0.403. The van der Waals surface area contributed by atoms with Gasteiger partial charge in [0, 0.05) is 18.8 Å². The first-order valence-corrected chi connectivity index (χ1v) is 6.15. The number of hydrogen-bond acceptors (Lipinski definition) is 6. The van der Waals surface area contributed by atoms with Crippen molar-refractivity contribution in [2.24, 2.45) is 17.9 Å². The molecule has 0 unspecified atom stereocenters. The number of aromatic amines is 1. The van der Waals surface area contributed by atoms with Gasteiger partial charge in [0.15, 0.2) is 11.0 Å². The minimum Gasteiger partial charge on any atom is -0.409 e. The molecule has 2 aromatic rings. The summed E-state index contributed by atoms with van der Waals surface area (Å²) >= 11 is 7.20. The van der Waals surface area contributed by atoms with Crippen molar-refractivity contribution in [3.8, 4) is 0 Å². The monoisotopic (exact) mass is 300 g/mol. The number of nitrogens with two attached hydrogens (primary N) is 1. The first kappa shape index (κ1) is 13.4. The Morgan fingerprint density at radius 3 is 3.00 bits per heavy atom. The molecule has 10 heteroatoms. The zero-order valence-electron chi connectivity index (χ0n) is 9.66. The van der Waals surface area contributed by atoms with E-state index < -0.39 is 0 Å². The van der Waals surface area contributed by atoms with E-state index in [1.165, 1.54) is 16.8 Å². The van der Waals surface area contributed by atoms with Crippen LogP contribution in [0.1, 0.15) is 5.56 Å². The number of aromatic nitrogens is 4. The number of halogens is 1. The van der Waals surface area contributed by atoms with E-state index in [-0.39, 0.29) is 16.5 Å². The topological polar surface area (TPSA) is 122 Å². The number of amidine groups is 1. The van der Waals surface area contributed by atoms with Crippen LogP contribution in [-0.2, 0) is 7.05 Å². The molecule has 0 amide bonds. The van der Waals surface area contributed by atoms with E-state index in [0.717, 1.165) is 11.8 Å². The lowest BCUT2D eigenvalue weighted by Crippen LogP contribution is -2.14. The van der Waals surface area contributed by atoms with Gasteiger partial charge >= 0.3 is 5.69 Å². The van der Waals surface area contributed by atoms with Gasteiger partial charge in [-0.25, -0.2) is 14.9 Å². The Morgan fingerprint density at radius 2 is 2.42 bits per heavy atom. The van der Waals surface area contributed by atoms with E-state index in [2.05, 4.69) is 20.3 Å². The van der Waals surface area contributed by atoms with Gasteiger partial charge in [0.2, 0.25) is 0 Å². The average molecular weight is 301 g/mol. The molecule has 2 rings (SSSR count). The summed E-state index contributed by atoms with van der Waals surface area (Å²) in [6.45, 7) is 0.